The number of rotatable bonds is 7. The van der Waals surface area contributed by atoms with E-state index in [9.17, 15) is 9.59 Å². The van der Waals surface area contributed by atoms with E-state index in [0.29, 0.717) is 11.4 Å². The molecule has 5 nitrogen and oxygen atoms in total. The van der Waals surface area contributed by atoms with E-state index in [1.165, 1.54) is 37.3 Å². The van der Waals surface area contributed by atoms with Crippen LogP contribution in [0.2, 0.25) is 0 Å². The molecule has 152 valence electrons. The molecule has 1 aliphatic rings. The maximum atomic E-state index is 12.4. The van der Waals surface area contributed by atoms with Crippen LogP contribution in [0.1, 0.15) is 68.6 Å². The van der Waals surface area contributed by atoms with E-state index in [1.54, 1.807) is 0 Å². The van der Waals surface area contributed by atoms with Crippen molar-refractivity contribution in [2.75, 3.05) is 31.5 Å². The third-order valence-corrected chi connectivity index (χ3v) is 6.26. The van der Waals surface area contributed by atoms with Crippen molar-refractivity contribution in [3.8, 4) is 0 Å². The van der Waals surface area contributed by atoms with Crippen LogP contribution in [0.15, 0.2) is 6.07 Å². The van der Waals surface area contributed by atoms with Gasteiger partial charge in [0.05, 0.1) is 9.88 Å². The van der Waals surface area contributed by atoms with E-state index in [2.05, 4.69) is 22.5 Å². The van der Waals surface area contributed by atoms with Crippen molar-refractivity contribution in [1.82, 2.24) is 10.2 Å². The minimum atomic E-state index is -0.452. The van der Waals surface area contributed by atoms with Gasteiger partial charge in [-0.1, -0.05) is 27.7 Å². The second kappa shape index (κ2) is 9.69. The number of hydrogen-bond acceptors (Lipinski definition) is 4. The Balaban J connectivity index is 1.72. The molecule has 2 amide bonds. The molecule has 1 aromatic rings. The lowest BCUT2D eigenvalue weighted by Crippen LogP contribution is -2.34. The number of amides is 2. The number of hydrogen-bond donors (Lipinski definition) is 2. The first kappa shape index (κ1) is 21.9. The van der Waals surface area contributed by atoms with Gasteiger partial charge >= 0.3 is 0 Å². The Morgan fingerprint density at radius 1 is 1.22 bits per heavy atom. The molecule has 0 radical (unpaired) electrons. The molecular weight excluding hydrogens is 358 g/mol. The first-order valence-corrected chi connectivity index (χ1v) is 10.9. The molecule has 27 heavy (non-hydrogen) atoms. The normalized spacial score (nSPS) is 16.3. The molecule has 0 spiro atoms. The van der Waals surface area contributed by atoms with Crippen molar-refractivity contribution >= 4 is 28.2 Å². The smallest absolute Gasteiger partial charge is 0.261 e. The van der Waals surface area contributed by atoms with Crippen LogP contribution in [0, 0.1) is 18.3 Å². The highest BCUT2D eigenvalue weighted by Crippen LogP contribution is 2.28. The lowest BCUT2D eigenvalue weighted by molar-refractivity contribution is -0.123. The highest BCUT2D eigenvalue weighted by atomic mass is 32.1. The average Bonchev–Trinajstić information content (AvgIpc) is 2.95. The SMILES string of the molecule is Cc1cc(NC(=O)C(C)(C)C)sc1C(=O)NCCCCN1CCC(C)CC1. The van der Waals surface area contributed by atoms with Crippen molar-refractivity contribution in [2.45, 2.75) is 60.3 Å². The number of anilines is 1. The molecule has 0 unspecified atom stereocenters. The van der Waals surface area contributed by atoms with E-state index in [1.807, 2.05) is 33.8 Å². The molecule has 2 N–H and O–H groups in total. The standard InChI is InChI=1S/C21H35N3O2S/c1-15-8-12-24(13-9-15)11-7-6-10-22-19(25)18-16(2)14-17(27-18)23-20(26)21(3,4)5/h14-15H,6-13H2,1-5H3,(H,22,25)(H,23,26). The number of carbonyl (C=O) groups excluding carboxylic acids is 2. The molecule has 0 aromatic carbocycles. The maximum Gasteiger partial charge on any atom is 0.261 e. The Hall–Kier alpha value is -1.40. The summed E-state index contributed by atoms with van der Waals surface area (Å²) < 4.78 is 0. The summed E-state index contributed by atoms with van der Waals surface area (Å²) in [5, 5.41) is 6.66. The van der Waals surface area contributed by atoms with Crippen molar-refractivity contribution in [3.63, 3.8) is 0 Å². The van der Waals surface area contributed by atoms with E-state index in [0.717, 1.165) is 35.9 Å². The molecule has 1 fully saturated rings. The summed E-state index contributed by atoms with van der Waals surface area (Å²) in [5.41, 5.74) is 0.455. The summed E-state index contributed by atoms with van der Waals surface area (Å²) in [5.74, 6) is 0.788. The van der Waals surface area contributed by atoms with E-state index in [-0.39, 0.29) is 11.8 Å². The summed E-state index contributed by atoms with van der Waals surface area (Å²) in [7, 11) is 0. The molecule has 0 bridgehead atoms. The summed E-state index contributed by atoms with van der Waals surface area (Å²) >= 11 is 1.35. The van der Waals surface area contributed by atoms with E-state index in [4.69, 9.17) is 0 Å². The van der Waals surface area contributed by atoms with E-state index < -0.39 is 5.41 Å². The van der Waals surface area contributed by atoms with Crippen LogP contribution in [0.4, 0.5) is 5.00 Å². The second-order valence-electron chi connectivity index (χ2n) is 8.81. The zero-order valence-electron chi connectivity index (χ0n) is 17.5. The lowest BCUT2D eigenvalue weighted by atomic mass is 9.96. The largest absolute Gasteiger partial charge is 0.351 e. The Morgan fingerprint density at radius 2 is 1.89 bits per heavy atom. The fraction of sp³-hybridized carbons (Fsp3) is 0.714. The number of nitrogens with zero attached hydrogens (tertiary/aromatic N) is 1. The van der Waals surface area contributed by atoms with Crippen molar-refractivity contribution in [2.24, 2.45) is 11.3 Å². The summed E-state index contributed by atoms with van der Waals surface area (Å²) in [6, 6.07) is 1.88. The maximum absolute atomic E-state index is 12.4. The Bertz CT molecular complexity index is 640. The predicted octanol–water partition coefficient (Wildman–Crippen LogP) is 4.28. The number of thiophene rings is 1. The van der Waals surface area contributed by atoms with Gasteiger partial charge in [0, 0.05) is 12.0 Å². The zero-order valence-corrected chi connectivity index (χ0v) is 18.3. The van der Waals surface area contributed by atoms with Gasteiger partial charge in [0.15, 0.2) is 0 Å². The molecule has 0 aliphatic carbocycles. The molecule has 0 atom stereocenters. The van der Waals surface area contributed by atoms with Crippen molar-refractivity contribution in [1.29, 1.82) is 0 Å². The van der Waals surface area contributed by atoms with Gasteiger partial charge < -0.3 is 15.5 Å². The van der Waals surface area contributed by atoms with Gasteiger partial charge in [0.1, 0.15) is 0 Å². The molecule has 1 aliphatic heterocycles. The first-order chi connectivity index (χ1) is 12.7. The first-order valence-electron chi connectivity index (χ1n) is 10.1. The number of aryl methyl sites for hydroxylation is 1. The molecule has 2 rings (SSSR count). The number of piperidine rings is 1. The fourth-order valence-electron chi connectivity index (χ4n) is 3.10. The average molecular weight is 394 g/mol. The summed E-state index contributed by atoms with van der Waals surface area (Å²) in [4.78, 5) is 27.8. The van der Waals surface area contributed by atoms with Crippen LogP contribution in [-0.4, -0.2) is 42.9 Å². The topological polar surface area (TPSA) is 61.4 Å². The van der Waals surface area contributed by atoms with Gasteiger partial charge in [0.2, 0.25) is 5.91 Å². The van der Waals surface area contributed by atoms with Crippen LogP contribution >= 0.6 is 11.3 Å². The minimum Gasteiger partial charge on any atom is -0.351 e. The lowest BCUT2D eigenvalue weighted by Gasteiger charge is -2.30. The van der Waals surface area contributed by atoms with Crippen LogP contribution < -0.4 is 10.6 Å². The number of nitrogens with one attached hydrogen (secondary N) is 2. The quantitative estimate of drug-likeness (QED) is 0.680. The molecule has 0 saturated carbocycles. The third-order valence-electron chi connectivity index (χ3n) is 5.10. The number of unbranched alkanes of at least 4 members (excludes halogenated alkanes) is 1. The van der Waals surface area contributed by atoms with Crippen LogP contribution in [0.25, 0.3) is 0 Å². The van der Waals surface area contributed by atoms with Crippen molar-refractivity contribution in [3.05, 3.63) is 16.5 Å². The molecule has 1 aromatic heterocycles. The molecule has 1 saturated heterocycles. The number of likely N-dealkylation sites (tertiary alicyclic amines) is 1. The second-order valence-corrected chi connectivity index (χ2v) is 9.87. The summed E-state index contributed by atoms with van der Waals surface area (Å²) in [6.45, 7) is 14.1. The van der Waals surface area contributed by atoms with Gasteiger partial charge in [-0.3, -0.25) is 9.59 Å². The van der Waals surface area contributed by atoms with Gasteiger partial charge in [0.25, 0.3) is 5.91 Å². The van der Waals surface area contributed by atoms with E-state index >= 15 is 0 Å². The predicted molar refractivity (Wildman–Crippen MR) is 114 cm³/mol. The van der Waals surface area contributed by atoms with Gasteiger partial charge in [-0.15, -0.1) is 11.3 Å². The summed E-state index contributed by atoms with van der Waals surface area (Å²) in [6.07, 6.45) is 4.73. The van der Waals surface area contributed by atoms with Crippen LogP contribution in [0.3, 0.4) is 0 Å². The molecule has 6 heteroatoms. The molecular formula is C21H35N3O2S. The van der Waals surface area contributed by atoms with Gasteiger partial charge in [-0.05, 0) is 69.8 Å². The Labute approximate surface area is 167 Å². The van der Waals surface area contributed by atoms with Crippen LogP contribution in [-0.2, 0) is 4.79 Å². The third kappa shape index (κ3) is 6.92. The zero-order chi connectivity index (χ0) is 20.0. The Kier molecular flexibility index (Phi) is 7.86. The molecule has 2 heterocycles. The fourth-order valence-corrected chi connectivity index (χ4v) is 4.08. The van der Waals surface area contributed by atoms with Gasteiger partial charge in [-0.25, -0.2) is 0 Å². The highest BCUT2D eigenvalue weighted by Gasteiger charge is 2.23. The van der Waals surface area contributed by atoms with Crippen molar-refractivity contribution < 1.29 is 9.59 Å². The van der Waals surface area contributed by atoms with Gasteiger partial charge in [-0.2, -0.15) is 0 Å². The number of carbonyl (C=O) groups is 2. The Morgan fingerprint density at radius 3 is 2.52 bits per heavy atom. The highest BCUT2D eigenvalue weighted by molar-refractivity contribution is 7.18. The minimum absolute atomic E-state index is 0.0391. The monoisotopic (exact) mass is 393 g/mol. The van der Waals surface area contributed by atoms with Crippen LogP contribution in [0.5, 0.6) is 0 Å².